The van der Waals surface area contributed by atoms with Crippen LogP contribution in [0.15, 0.2) is 123 Å². The number of amides is 1. The SMILES string of the molecule is Cc1nc2ccc(Br)cc2c(=O)n1-c1ccc(N2C(=O)C(=Cc3ccccc3)N=C2c2ccccc2)cc1. The molecule has 0 atom stereocenters. The van der Waals surface area contributed by atoms with Gasteiger partial charge in [-0.25, -0.2) is 9.98 Å². The maximum absolute atomic E-state index is 13.6. The van der Waals surface area contributed by atoms with Crippen LogP contribution in [0.1, 0.15) is 17.0 Å². The number of benzene rings is 4. The fourth-order valence-electron chi connectivity index (χ4n) is 4.57. The molecule has 6 rings (SSSR count). The highest BCUT2D eigenvalue weighted by molar-refractivity contribution is 9.10. The molecule has 1 amide bonds. The summed E-state index contributed by atoms with van der Waals surface area (Å²) in [5, 5.41) is 0.526. The van der Waals surface area contributed by atoms with E-state index in [1.165, 1.54) is 0 Å². The molecular weight excluding hydrogens is 540 g/mol. The third kappa shape index (κ3) is 4.27. The molecule has 4 aromatic carbocycles. The molecule has 0 N–H and O–H groups in total. The van der Waals surface area contributed by atoms with Crippen molar-refractivity contribution in [3.8, 4) is 5.69 Å². The van der Waals surface area contributed by atoms with Crippen molar-refractivity contribution in [2.75, 3.05) is 4.90 Å². The van der Waals surface area contributed by atoms with Gasteiger partial charge in [0, 0.05) is 10.0 Å². The number of halogens is 1. The fourth-order valence-corrected chi connectivity index (χ4v) is 4.93. The predicted molar refractivity (Wildman–Crippen MR) is 155 cm³/mol. The molecule has 0 aliphatic carbocycles. The van der Waals surface area contributed by atoms with Crippen molar-refractivity contribution in [1.82, 2.24) is 9.55 Å². The first-order chi connectivity index (χ1) is 18.5. The summed E-state index contributed by atoms with van der Waals surface area (Å²) in [6, 6.07) is 32.1. The van der Waals surface area contributed by atoms with E-state index in [0.717, 1.165) is 15.6 Å². The number of rotatable bonds is 4. The van der Waals surface area contributed by atoms with E-state index in [1.807, 2.05) is 104 Å². The minimum Gasteiger partial charge on any atom is -0.268 e. The number of amidine groups is 1. The molecule has 0 fully saturated rings. The number of aromatic nitrogens is 2. The van der Waals surface area contributed by atoms with Crippen LogP contribution in [0.2, 0.25) is 0 Å². The summed E-state index contributed by atoms with van der Waals surface area (Å²) in [6.07, 6.45) is 1.79. The number of anilines is 1. The molecule has 0 unspecified atom stereocenters. The van der Waals surface area contributed by atoms with Crippen LogP contribution in [-0.2, 0) is 4.79 Å². The highest BCUT2D eigenvalue weighted by Crippen LogP contribution is 2.29. The normalized spacial score (nSPS) is 14.4. The quantitative estimate of drug-likeness (QED) is 0.242. The van der Waals surface area contributed by atoms with Gasteiger partial charge in [-0.3, -0.25) is 19.1 Å². The zero-order chi connectivity index (χ0) is 26.2. The number of nitrogens with zero attached hydrogens (tertiary/aromatic N) is 4. The van der Waals surface area contributed by atoms with Gasteiger partial charge in [-0.05, 0) is 61.0 Å². The van der Waals surface area contributed by atoms with Crippen LogP contribution in [0.4, 0.5) is 5.69 Å². The Labute approximate surface area is 227 Å². The van der Waals surface area contributed by atoms with Crippen LogP contribution in [-0.4, -0.2) is 21.3 Å². The van der Waals surface area contributed by atoms with Crippen LogP contribution in [0, 0.1) is 6.92 Å². The van der Waals surface area contributed by atoms with Gasteiger partial charge in [0.15, 0.2) is 0 Å². The largest absolute Gasteiger partial charge is 0.282 e. The van der Waals surface area contributed by atoms with Gasteiger partial charge < -0.3 is 0 Å². The van der Waals surface area contributed by atoms with Crippen LogP contribution < -0.4 is 10.5 Å². The van der Waals surface area contributed by atoms with E-state index in [1.54, 1.807) is 21.6 Å². The van der Waals surface area contributed by atoms with Crippen molar-refractivity contribution < 1.29 is 4.79 Å². The van der Waals surface area contributed by atoms with Crippen molar-refractivity contribution >= 4 is 50.3 Å². The fraction of sp³-hybridized carbons (Fsp3) is 0.0323. The van der Waals surface area contributed by atoms with E-state index >= 15 is 0 Å². The summed E-state index contributed by atoms with van der Waals surface area (Å²) in [6.45, 7) is 1.81. The molecule has 38 heavy (non-hydrogen) atoms. The second-order valence-corrected chi connectivity index (χ2v) is 9.78. The Hall–Kier alpha value is -4.62. The maximum Gasteiger partial charge on any atom is 0.282 e. The minimum atomic E-state index is -0.217. The summed E-state index contributed by atoms with van der Waals surface area (Å²) in [5.74, 6) is 0.913. The van der Waals surface area contributed by atoms with Gasteiger partial charge in [-0.1, -0.05) is 76.6 Å². The van der Waals surface area contributed by atoms with Crippen molar-refractivity contribution in [3.05, 3.63) is 141 Å². The summed E-state index contributed by atoms with van der Waals surface area (Å²) in [5.41, 5.74) is 3.89. The maximum atomic E-state index is 13.6. The Balaban J connectivity index is 1.42. The van der Waals surface area contributed by atoms with Gasteiger partial charge in [0.25, 0.3) is 11.5 Å². The van der Waals surface area contributed by atoms with Crippen LogP contribution in [0.3, 0.4) is 0 Å². The number of aliphatic imine (C=N–C) groups is 1. The molecule has 7 heteroatoms. The molecule has 5 aromatic rings. The van der Waals surface area contributed by atoms with Gasteiger partial charge in [0.2, 0.25) is 0 Å². The molecule has 0 radical (unpaired) electrons. The first kappa shape index (κ1) is 23.8. The molecule has 0 bridgehead atoms. The Morgan fingerprint density at radius 3 is 2.16 bits per heavy atom. The molecule has 0 spiro atoms. The monoisotopic (exact) mass is 560 g/mol. The van der Waals surface area contributed by atoms with Crippen LogP contribution >= 0.6 is 15.9 Å². The average Bonchev–Trinajstić information content (AvgIpc) is 3.26. The molecule has 0 saturated heterocycles. The average molecular weight is 561 g/mol. The van der Waals surface area contributed by atoms with Crippen LogP contribution in [0.25, 0.3) is 22.7 Å². The van der Waals surface area contributed by atoms with Crippen LogP contribution in [0.5, 0.6) is 0 Å². The third-order valence-electron chi connectivity index (χ3n) is 6.36. The standard InChI is InChI=1S/C31H21BrN4O2/c1-20-33-27-17-12-23(32)19-26(27)30(37)35(20)24-13-15-25(16-14-24)36-29(22-10-6-3-7-11-22)34-28(31(36)38)18-21-8-4-2-5-9-21/h2-19H,1H3. The van der Waals surface area contributed by atoms with Crippen molar-refractivity contribution in [3.63, 3.8) is 0 Å². The van der Waals surface area contributed by atoms with E-state index in [-0.39, 0.29) is 11.5 Å². The topological polar surface area (TPSA) is 67.6 Å². The Bertz CT molecular complexity index is 1810. The lowest BCUT2D eigenvalue weighted by Crippen LogP contribution is -2.32. The Morgan fingerprint density at radius 2 is 1.45 bits per heavy atom. The lowest BCUT2D eigenvalue weighted by molar-refractivity contribution is -0.113. The summed E-state index contributed by atoms with van der Waals surface area (Å²) < 4.78 is 2.39. The van der Waals surface area contributed by atoms with E-state index < -0.39 is 0 Å². The molecule has 1 aliphatic rings. The van der Waals surface area contributed by atoms with Gasteiger partial charge in [-0.15, -0.1) is 0 Å². The van der Waals surface area contributed by atoms with E-state index in [2.05, 4.69) is 20.9 Å². The van der Waals surface area contributed by atoms with Gasteiger partial charge in [0.05, 0.1) is 22.3 Å². The van der Waals surface area contributed by atoms with Gasteiger partial charge in [-0.2, -0.15) is 0 Å². The highest BCUT2D eigenvalue weighted by atomic mass is 79.9. The molecule has 184 valence electrons. The number of carbonyl (C=O) groups excluding carboxylic acids is 1. The smallest absolute Gasteiger partial charge is 0.268 e. The van der Waals surface area contributed by atoms with E-state index in [4.69, 9.17) is 4.99 Å². The summed E-state index contributed by atoms with van der Waals surface area (Å²) in [7, 11) is 0. The molecule has 2 heterocycles. The number of hydrogen-bond acceptors (Lipinski definition) is 4. The first-order valence-electron chi connectivity index (χ1n) is 12.0. The van der Waals surface area contributed by atoms with Crippen molar-refractivity contribution in [2.24, 2.45) is 4.99 Å². The van der Waals surface area contributed by atoms with Gasteiger partial charge in [0.1, 0.15) is 17.4 Å². The number of carbonyl (C=O) groups is 1. The predicted octanol–water partition coefficient (Wildman–Crippen LogP) is 6.29. The third-order valence-corrected chi connectivity index (χ3v) is 6.85. The zero-order valence-corrected chi connectivity index (χ0v) is 22.0. The molecular formula is C31H21BrN4O2. The molecule has 1 aromatic heterocycles. The number of hydrogen-bond donors (Lipinski definition) is 0. The highest BCUT2D eigenvalue weighted by Gasteiger charge is 2.32. The van der Waals surface area contributed by atoms with E-state index in [9.17, 15) is 9.59 Å². The van der Waals surface area contributed by atoms with Crippen molar-refractivity contribution in [2.45, 2.75) is 6.92 Å². The lowest BCUT2D eigenvalue weighted by atomic mass is 10.1. The van der Waals surface area contributed by atoms with E-state index in [0.29, 0.717) is 39.6 Å². The second kappa shape index (κ2) is 9.68. The minimum absolute atomic E-state index is 0.154. The molecule has 1 aliphatic heterocycles. The zero-order valence-electron chi connectivity index (χ0n) is 20.4. The molecule has 6 nitrogen and oxygen atoms in total. The lowest BCUT2D eigenvalue weighted by Gasteiger charge is -2.19. The summed E-state index contributed by atoms with van der Waals surface area (Å²) in [4.78, 5) is 37.9. The Kier molecular flexibility index (Phi) is 6.05. The number of fused-ring (bicyclic) bond motifs is 1. The number of aryl methyl sites for hydroxylation is 1. The van der Waals surface area contributed by atoms with Gasteiger partial charge >= 0.3 is 0 Å². The second-order valence-electron chi connectivity index (χ2n) is 8.86. The Morgan fingerprint density at radius 1 is 0.789 bits per heavy atom. The first-order valence-corrected chi connectivity index (χ1v) is 12.8. The van der Waals surface area contributed by atoms with Crippen molar-refractivity contribution in [1.29, 1.82) is 0 Å². The summed E-state index contributed by atoms with van der Waals surface area (Å²) >= 11 is 3.44. The molecule has 0 saturated carbocycles.